The van der Waals surface area contributed by atoms with E-state index in [1.165, 1.54) is 37.3 Å². The topological polar surface area (TPSA) is 45.2 Å². The summed E-state index contributed by atoms with van der Waals surface area (Å²) in [4.78, 5) is 19.5. The number of aromatic nitrogens is 1. The van der Waals surface area contributed by atoms with Gasteiger partial charge in [-0.3, -0.25) is 9.69 Å². The van der Waals surface area contributed by atoms with Crippen LogP contribution in [0.25, 0.3) is 10.2 Å². The Labute approximate surface area is 128 Å². The molecule has 4 heterocycles. The summed E-state index contributed by atoms with van der Waals surface area (Å²) in [6.07, 6.45) is 2.41. The number of thiazole rings is 1. The highest BCUT2D eigenvalue weighted by molar-refractivity contribution is 7.20. The molecule has 3 aliphatic rings. The third kappa shape index (κ3) is 2.24. The van der Waals surface area contributed by atoms with Crippen LogP contribution in [0, 0.1) is 5.92 Å². The molecule has 1 amide bonds. The molecule has 2 bridgehead atoms. The maximum atomic E-state index is 12.5. The lowest BCUT2D eigenvalue weighted by Crippen LogP contribution is -2.62. The Balaban J connectivity index is 1.55. The predicted molar refractivity (Wildman–Crippen MR) is 84.6 cm³/mol. The fourth-order valence-electron chi connectivity index (χ4n) is 3.73. The molecule has 21 heavy (non-hydrogen) atoms. The fourth-order valence-corrected chi connectivity index (χ4v) is 4.60. The van der Waals surface area contributed by atoms with Gasteiger partial charge >= 0.3 is 0 Å². The van der Waals surface area contributed by atoms with Crippen LogP contribution in [0.15, 0.2) is 24.3 Å². The third-order valence-corrected chi connectivity index (χ3v) is 6.00. The van der Waals surface area contributed by atoms with Crippen molar-refractivity contribution in [1.29, 1.82) is 0 Å². The molecule has 0 saturated carbocycles. The van der Waals surface area contributed by atoms with Gasteiger partial charge in [0.2, 0.25) is 0 Å². The molecule has 4 nitrogen and oxygen atoms in total. The highest BCUT2D eigenvalue weighted by Crippen LogP contribution is 2.32. The van der Waals surface area contributed by atoms with Gasteiger partial charge in [-0.25, -0.2) is 4.98 Å². The molecule has 2 atom stereocenters. The number of piperidine rings is 3. The standard InChI is InChI=1S/C16H19N3OS/c1-10-14(11-6-8-19(10)9-7-11)18-15(20)16-17-12-4-2-3-5-13(12)21-16/h2-5,10-11,14H,6-9H2,1H3,(H,18,20). The van der Waals surface area contributed by atoms with Crippen LogP contribution >= 0.6 is 11.3 Å². The van der Waals surface area contributed by atoms with Gasteiger partial charge in [0, 0.05) is 12.1 Å². The van der Waals surface area contributed by atoms with Crippen LogP contribution in [0.4, 0.5) is 0 Å². The minimum atomic E-state index is -0.0122. The van der Waals surface area contributed by atoms with E-state index in [-0.39, 0.29) is 11.9 Å². The van der Waals surface area contributed by atoms with Gasteiger partial charge in [0.25, 0.3) is 5.91 Å². The molecule has 3 fully saturated rings. The van der Waals surface area contributed by atoms with Crippen molar-refractivity contribution in [2.24, 2.45) is 5.92 Å². The zero-order chi connectivity index (χ0) is 14.4. The summed E-state index contributed by atoms with van der Waals surface area (Å²) in [5, 5.41) is 3.83. The van der Waals surface area contributed by atoms with Crippen molar-refractivity contribution >= 4 is 27.5 Å². The lowest BCUT2D eigenvalue weighted by atomic mass is 9.79. The van der Waals surface area contributed by atoms with Crippen LogP contribution in [0.3, 0.4) is 0 Å². The molecule has 0 radical (unpaired) electrons. The number of amides is 1. The Morgan fingerprint density at radius 3 is 2.81 bits per heavy atom. The lowest BCUT2D eigenvalue weighted by molar-refractivity contribution is 0.0217. The first-order valence-electron chi connectivity index (χ1n) is 7.63. The van der Waals surface area contributed by atoms with Crippen molar-refractivity contribution < 1.29 is 4.79 Å². The smallest absolute Gasteiger partial charge is 0.280 e. The Morgan fingerprint density at radius 1 is 1.33 bits per heavy atom. The molecular weight excluding hydrogens is 282 g/mol. The van der Waals surface area contributed by atoms with Crippen LogP contribution in [-0.4, -0.2) is 41.0 Å². The average molecular weight is 301 g/mol. The Bertz CT molecular complexity index is 640. The van der Waals surface area contributed by atoms with Crippen molar-refractivity contribution in [1.82, 2.24) is 15.2 Å². The zero-order valence-corrected chi connectivity index (χ0v) is 12.9. The predicted octanol–water partition coefficient (Wildman–Crippen LogP) is 2.51. The van der Waals surface area contributed by atoms with Crippen molar-refractivity contribution in [3.8, 4) is 0 Å². The minimum Gasteiger partial charge on any atom is -0.345 e. The summed E-state index contributed by atoms with van der Waals surface area (Å²) < 4.78 is 1.07. The number of para-hydroxylation sites is 1. The third-order valence-electron chi connectivity index (χ3n) is 4.96. The maximum Gasteiger partial charge on any atom is 0.280 e. The summed E-state index contributed by atoms with van der Waals surface area (Å²) in [6, 6.07) is 8.62. The van der Waals surface area contributed by atoms with Crippen LogP contribution in [0.1, 0.15) is 29.6 Å². The molecule has 110 valence electrons. The van der Waals surface area contributed by atoms with Crippen LogP contribution < -0.4 is 5.32 Å². The van der Waals surface area contributed by atoms with Gasteiger partial charge in [0.15, 0.2) is 5.01 Å². The summed E-state index contributed by atoms with van der Waals surface area (Å²) in [5.74, 6) is 0.616. The highest BCUT2D eigenvalue weighted by Gasteiger charge is 2.40. The monoisotopic (exact) mass is 301 g/mol. The molecule has 5 heteroatoms. The van der Waals surface area contributed by atoms with Crippen molar-refractivity contribution in [2.75, 3.05) is 13.1 Å². The largest absolute Gasteiger partial charge is 0.345 e. The molecule has 0 spiro atoms. The van der Waals surface area contributed by atoms with Crippen LogP contribution in [0.2, 0.25) is 0 Å². The van der Waals surface area contributed by atoms with Gasteiger partial charge in [-0.05, 0) is 50.9 Å². The number of benzene rings is 1. The van der Waals surface area contributed by atoms with E-state index in [0.717, 1.165) is 10.2 Å². The van der Waals surface area contributed by atoms with Crippen LogP contribution in [-0.2, 0) is 0 Å². The number of hydrogen-bond acceptors (Lipinski definition) is 4. The second-order valence-electron chi connectivity index (χ2n) is 6.10. The first-order valence-corrected chi connectivity index (χ1v) is 8.44. The van der Waals surface area contributed by atoms with Crippen molar-refractivity contribution in [3.63, 3.8) is 0 Å². The fraction of sp³-hybridized carbons (Fsp3) is 0.500. The summed E-state index contributed by atoms with van der Waals surface area (Å²) in [6.45, 7) is 4.59. The van der Waals surface area contributed by atoms with Gasteiger partial charge in [-0.2, -0.15) is 0 Å². The quantitative estimate of drug-likeness (QED) is 0.927. The molecule has 1 aromatic heterocycles. The van der Waals surface area contributed by atoms with Crippen molar-refractivity contribution in [2.45, 2.75) is 31.8 Å². The van der Waals surface area contributed by atoms with E-state index in [1.807, 2.05) is 24.3 Å². The summed E-state index contributed by atoms with van der Waals surface area (Å²) >= 11 is 1.48. The van der Waals surface area contributed by atoms with Gasteiger partial charge in [-0.1, -0.05) is 12.1 Å². The molecule has 3 saturated heterocycles. The number of nitrogens with zero attached hydrogens (tertiary/aromatic N) is 2. The second-order valence-corrected chi connectivity index (χ2v) is 7.13. The molecule has 2 unspecified atom stereocenters. The molecule has 3 aliphatic heterocycles. The minimum absolute atomic E-state index is 0.0122. The zero-order valence-electron chi connectivity index (χ0n) is 12.1. The van der Waals surface area contributed by atoms with E-state index in [2.05, 4.69) is 22.1 Å². The Morgan fingerprint density at radius 2 is 2.10 bits per heavy atom. The number of carbonyl (C=O) groups is 1. The van der Waals surface area contributed by atoms with E-state index in [0.29, 0.717) is 17.0 Å². The highest BCUT2D eigenvalue weighted by atomic mass is 32.1. The van der Waals surface area contributed by atoms with Crippen molar-refractivity contribution in [3.05, 3.63) is 29.3 Å². The second kappa shape index (κ2) is 5.07. The summed E-state index contributed by atoms with van der Waals surface area (Å²) in [5.41, 5.74) is 0.912. The van der Waals surface area contributed by atoms with E-state index >= 15 is 0 Å². The number of hydrogen-bond donors (Lipinski definition) is 1. The van der Waals surface area contributed by atoms with Gasteiger partial charge < -0.3 is 5.32 Å². The average Bonchev–Trinajstić information content (AvgIpc) is 2.95. The molecule has 1 aromatic carbocycles. The van der Waals surface area contributed by atoms with Gasteiger partial charge in [-0.15, -0.1) is 11.3 Å². The molecule has 0 aliphatic carbocycles. The van der Waals surface area contributed by atoms with E-state index < -0.39 is 0 Å². The number of carbonyl (C=O) groups excluding carboxylic acids is 1. The van der Waals surface area contributed by atoms with Crippen LogP contribution in [0.5, 0.6) is 0 Å². The lowest BCUT2D eigenvalue weighted by Gasteiger charge is -2.49. The Hall–Kier alpha value is -1.46. The van der Waals surface area contributed by atoms with E-state index in [1.54, 1.807) is 0 Å². The Kier molecular flexibility index (Phi) is 3.19. The summed E-state index contributed by atoms with van der Waals surface area (Å²) in [7, 11) is 0. The van der Waals surface area contributed by atoms with E-state index in [9.17, 15) is 4.79 Å². The first-order chi connectivity index (χ1) is 10.2. The molecule has 1 N–H and O–H groups in total. The number of nitrogens with one attached hydrogen (secondary N) is 1. The van der Waals surface area contributed by atoms with E-state index in [4.69, 9.17) is 0 Å². The maximum absolute atomic E-state index is 12.5. The normalized spacial score (nSPS) is 31.5. The SMILES string of the molecule is CC1C(NC(=O)c2nc3ccccc3s2)C2CCN1CC2. The first kappa shape index (κ1) is 13.2. The van der Waals surface area contributed by atoms with Gasteiger partial charge in [0.05, 0.1) is 10.2 Å². The molecular formula is C16H19N3OS. The number of rotatable bonds is 2. The number of fused-ring (bicyclic) bond motifs is 4. The van der Waals surface area contributed by atoms with Gasteiger partial charge in [0.1, 0.15) is 0 Å². The molecule has 2 aromatic rings. The molecule has 5 rings (SSSR count).